The van der Waals surface area contributed by atoms with Crippen LogP contribution in [0, 0.1) is 0 Å². The molecule has 1 saturated heterocycles. The average Bonchev–Trinajstić information content (AvgIpc) is 3.19. The molecular weight excluding hydrogens is 328 g/mol. The molecule has 2 aromatic rings. The minimum absolute atomic E-state index is 0.0320. The van der Waals surface area contributed by atoms with E-state index in [1.165, 1.54) is 19.3 Å². The first-order valence-electron chi connectivity index (χ1n) is 9.71. The van der Waals surface area contributed by atoms with Crippen LogP contribution in [0.3, 0.4) is 0 Å². The first-order valence-corrected chi connectivity index (χ1v) is 9.71. The lowest BCUT2D eigenvalue weighted by Crippen LogP contribution is -2.48. The van der Waals surface area contributed by atoms with Crippen LogP contribution in [0.2, 0.25) is 0 Å². The predicted molar refractivity (Wildman–Crippen MR) is 98.3 cm³/mol. The van der Waals surface area contributed by atoms with Crippen LogP contribution in [0.15, 0.2) is 24.5 Å². The molecule has 0 aromatic carbocycles. The van der Waals surface area contributed by atoms with E-state index in [9.17, 15) is 4.79 Å². The molecule has 2 aromatic heterocycles. The predicted octanol–water partition coefficient (Wildman–Crippen LogP) is 3.44. The number of hydrogen-bond donors (Lipinski definition) is 2. The molecule has 0 bridgehead atoms. The van der Waals surface area contributed by atoms with Crippen LogP contribution in [-0.2, 0) is 0 Å². The Bertz CT molecular complexity index is 725. The maximum absolute atomic E-state index is 12.9. The minimum atomic E-state index is -0.0320. The monoisotopic (exact) mass is 354 g/mol. The van der Waals surface area contributed by atoms with E-state index < -0.39 is 0 Å². The molecule has 1 saturated carbocycles. The molecule has 3 heterocycles. The van der Waals surface area contributed by atoms with Gasteiger partial charge >= 0.3 is 6.03 Å². The Balaban J connectivity index is 1.48. The number of carbonyl (C=O) groups is 1. The van der Waals surface area contributed by atoms with Gasteiger partial charge in [-0.1, -0.05) is 19.3 Å². The number of pyridine rings is 1. The Kier molecular flexibility index (Phi) is 5.13. The fourth-order valence-electron chi connectivity index (χ4n) is 4.02. The van der Waals surface area contributed by atoms with Crippen molar-refractivity contribution in [1.29, 1.82) is 0 Å². The van der Waals surface area contributed by atoms with Crippen molar-refractivity contribution in [2.24, 2.45) is 0 Å². The van der Waals surface area contributed by atoms with Gasteiger partial charge in [-0.3, -0.25) is 10.1 Å². The third-order valence-electron chi connectivity index (χ3n) is 5.45. The van der Waals surface area contributed by atoms with Crippen LogP contribution < -0.4 is 5.32 Å². The summed E-state index contributed by atoms with van der Waals surface area (Å²) in [5, 5.41) is 10.7. The minimum Gasteiger partial charge on any atom is -0.335 e. The SMILES string of the molecule is O=C(NC1CCCCC1)N1CCCCC1c1nc(-c2ccncc2)n[nH]1. The van der Waals surface area contributed by atoms with Gasteiger partial charge in [0.1, 0.15) is 5.82 Å². The highest BCUT2D eigenvalue weighted by Gasteiger charge is 2.31. The number of aromatic amines is 1. The van der Waals surface area contributed by atoms with Crippen LogP contribution in [0.4, 0.5) is 4.79 Å². The van der Waals surface area contributed by atoms with Gasteiger partial charge in [-0.2, -0.15) is 5.10 Å². The zero-order valence-electron chi connectivity index (χ0n) is 15.0. The average molecular weight is 354 g/mol. The van der Waals surface area contributed by atoms with Crippen molar-refractivity contribution in [3.63, 3.8) is 0 Å². The maximum atomic E-state index is 12.9. The third kappa shape index (κ3) is 3.71. The number of nitrogens with one attached hydrogen (secondary N) is 2. The van der Waals surface area contributed by atoms with Crippen LogP contribution in [-0.4, -0.2) is 43.7 Å². The number of nitrogens with zero attached hydrogens (tertiary/aromatic N) is 4. The largest absolute Gasteiger partial charge is 0.335 e. The van der Waals surface area contributed by atoms with Gasteiger partial charge < -0.3 is 10.2 Å². The Morgan fingerprint density at radius 1 is 1.08 bits per heavy atom. The molecule has 7 nitrogen and oxygen atoms in total. The summed E-state index contributed by atoms with van der Waals surface area (Å²) in [4.78, 5) is 23.5. The van der Waals surface area contributed by atoms with E-state index in [0.717, 1.165) is 50.0 Å². The lowest BCUT2D eigenvalue weighted by molar-refractivity contribution is 0.142. The molecule has 1 unspecified atom stereocenters. The molecule has 1 aliphatic carbocycles. The zero-order valence-corrected chi connectivity index (χ0v) is 15.0. The quantitative estimate of drug-likeness (QED) is 0.884. The second kappa shape index (κ2) is 7.85. The second-order valence-corrected chi connectivity index (χ2v) is 7.27. The number of likely N-dealkylation sites (tertiary alicyclic amines) is 1. The van der Waals surface area contributed by atoms with E-state index in [-0.39, 0.29) is 12.1 Å². The van der Waals surface area contributed by atoms with Gasteiger partial charge in [0.25, 0.3) is 0 Å². The lowest BCUT2D eigenvalue weighted by atomic mass is 9.95. The highest BCUT2D eigenvalue weighted by atomic mass is 16.2. The Morgan fingerprint density at radius 2 is 1.85 bits per heavy atom. The molecule has 138 valence electrons. The van der Waals surface area contributed by atoms with Crippen LogP contribution in [0.5, 0.6) is 0 Å². The van der Waals surface area contributed by atoms with E-state index in [2.05, 4.69) is 25.5 Å². The van der Waals surface area contributed by atoms with Crippen LogP contribution >= 0.6 is 0 Å². The molecule has 2 amide bonds. The fraction of sp³-hybridized carbons (Fsp3) is 0.579. The molecule has 2 aliphatic rings. The van der Waals surface area contributed by atoms with Crippen molar-refractivity contribution in [3.05, 3.63) is 30.4 Å². The van der Waals surface area contributed by atoms with Crippen molar-refractivity contribution in [2.75, 3.05) is 6.54 Å². The summed E-state index contributed by atoms with van der Waals surface area (Å²) in [6.45, 7) is 0.772. The van der Waals surface area contributed by atoms with Crippen molar-refractivity contribution >= 4 is 6.03 Å². The molecule has 4 rings (SSSR count). The molecule has 0 radical (unpaired) electrons. The summed E-state index contributed by atoms with van der Waals surface area (Å²) in [5.74, 6) is 1.43. The highest BCUT2D eigenvalue weighted by molar-refractivity contribution is 5.75. The zero-order chi connectivity index (χ0) is 17.8. The smallest absolute Gasteiger partial charge is 0.318 e. The summed E-state index contributed by atoms with van der Waals surface area (Å²) in [6.07, 6.45) is 12.4. The maximum Gasteiger partial charge on any atom is 0.318 e. The summed E-state index contributed by atoms with van der Waals surface area (Å²) < 4.78 is 0. The van der Waals surface area contributed by atoms with E-state index in [4.69, 9.17) is 0 Å². The van der Waals surface area contributed by atoms with E-state index in [1.54, 1.807) is 12.4 Å². The highest BCUT2D eigenvalue weighted by Crippen LogP contribution is 2.30. The molecule has 2 N–H and O–H groups in total. The lowest BCUT2D eigenvalue weighted by Gasteiger charge is -2.36. The van der Waals surface area contributed by atoms with E-state index in [0.29, 0.717) is 11.9 Å². The summed E-state index contributed by atoms with van der Waals surface area (Å²) in [6, 6.07) is 4.11. The molecule has 2 fully saturated rings. The van der Waals surface area contributed by atoms with Crippen LogP contribution in [0.1, 0.15) is 63.2 Å². The van der Waals surface area contributed by atoms with Crippen LogP contribution in [0.25, 0.3) is 11.4 Å². The van der Waals surface area contributed by atoms with Gasteiger partial charge in [-0.05, 0) is 44.2 Å². The summed E-state index contributed by atoms with van der Waals surface area (Å²) >= 11 is 0. The normalized spacial score (nSPS) is 21.5. The van der Waals surface area contributed by atoms with Gasteiger partial charge in [0.15, 0.2) is 5.82 Å². The van der Waals surface area contributed by atoms with Crippen molar-refractivity contribution in [1.82, 2.24) is 30.4 Å². The number of rotatable bonds is 3. The fourth-order valence-corrected chi connectivity index (χ4v) is 4.02. The third-order valence-corrected chi connectivity index (χ3v) is 5.45. The van der Waals surface area contributed by atoms with E-state index >= 15 is 0 Å². The summed E-state index contributed by atoms with van der Waals surface area (Å²) in [7, 11) is 0. The molecule has 26 heavy (non-hydrogen) atoms. The first-order chi connectivity index (χ1) is 12.8. The molecule has 1 aliphatic heterocycles. The number of carbonyl (C=O) groups excluding carboxylic acids is 1. The number of hydrogen-bond acceptors (Lipinski definition) is 4. The second-order valence-electron chi connectivity index (χ2n) is 7.27. The molecule has 0 spiro atoms. The topological polar surface area (TPSA) is 86.8 Å². The molecular formula is C19H26N6O. The standard InChI is InChI=1S/C19H26N6O/c26-19(21-15-6-2-1-3-7-15)25-13-5-4-8-16(25)18-22-17(23-24-18)14-9-11-20-12-10-14/h9-12,15-16H,1-8,13H2,(H,21,26)(H,22,23,24). The Morgan fingerprint density at radius 3 is 2.65 bits per heavy atom. The van der Waals surface area contributed by atoms with Crippen molar-refractivity contribution in [2.45, 2.75) is 63.5 Å². The van der Waals surface area contributed by atoms with E-state index in [1.807, 2.05) is 17.0 Å². The van der Waals surface area contributed by atoms with Gasteiger partial charge in [0.05, 0.1) is 6.04 Å². The Hall–Kier alpha value is -2.44. The number of piperidine rings is 1. The number of H-pyrrole nitrogens is 1. The molecule has 1 atom stereocenters. The van der Waals surface area contributed by atoms with Gasteiger partial charge in [0.2, 0.25) is 0 Å². The van der Waals surface area contributed by atoms with Crippen molar-refractivity contribution < 1.29 is 4.79 Å². The number of aromatic nitrogens is 4. The van der Waals surface area contributed by atoms with Gasteiger partial charge in [0, 0.05) is 30.5 Å². The van der Waals surface area contributed by atoms with Gasteiger partial charge in [-0.15, -0.1) is 0 Å². The molecule has 7 heteroatoms. The Labute approximate surface area is 153 Å². The van der Waals surface area contributed by atoms with Gasteiger partial charge in [-0.25, -0.2) is 9.78 Å². The van der Waals surface area contributed by atoms with Crippen molar-refractivity contribution in [3.8, 4) is 11.4 Å². The number of amides is 2. The number of urea groups is 1. The first kappa shape index (κ1) is 17.0. The summed E-state index contributed by atoms with van der Waals surface area (Å²) in [5.41, 5.74) is 0.927.